The highest BCUT2D eigenvalue weighted by atomic mass is 16.5. The standard InChI is InChI=1S/C16H19NO5/c18-15-7-11(16(19)20)9-17(15)12-3-1-4-13(8-12)22-10-14-5-2-6-21-14/h1,3-4,8,11,14H,2,5-7,9-10H2,(H,19,20). The zero-order valence-electron chi connectivity index (χ0n) is 12.2. The van der Waals surface area contributed by atoms with E-state index in [1.165, 1.54) is 4.90 Å². The van der Waals surface area contributed by atoms with E-state index >= 15 is 0 Å². The molecule has 3 rings (SSSR count). The predicted molar refractivity (Wildman–Crippen MR) is 79.0 cm³/mol. The van der Waals surface area contributed by atoms with E-state index in [-0.39, 0.29) is 25.0 Å². The van der Waals surface area contributed by atoms with E-state index < -0.39 is 11.9 Å². The van der Waals surface area contributed by atoms with E-state index in [1.54, 1.807) is 12.1 Å². The van der Waals surface area contributed by atoms with Gasteiger partial charge >= 0.3 is 5.97 Å². The number of hydrogen-bond acceptors (Lipinski definition) is 4. The molecule has 0 aliphatic carbocycles. The summed E-state index contributed by atoms with van der Waals surface area (Å²) in [7, 11) is 0. The number of ether oxygens (including phenoxy) is 2. The van der Waals surface area contributed by atoms with Gasteiger partial charge in [-0.3, -0.25) is 9.59 Å². The monoisotopic (exact) mass is 305 g/mol. The number of hydrogen-bond donors (Lipinski definition) is 1. The number of benzene rings is 1. The van der Waals surface area contributed by atoms with Gasteiger partial charge in [0.05, 0.1) is 12.0 Å². The summed E-state index contributed by atoms with van der Waals surface area (Å²) in [6, 6.07) is 7.20. The first kappa shape index (κ1) is 14.8. The van der Waals surface area contributed by atoms with Gasteiger partial charge in [0.15, 0.2) is 0 Å². The van der Waals surface area contributed by atoms with Gasteiger partial charge in [-0.15, -0.1) is 0 Å². The highest BCUT2D eigenvalue weighted by Crippen LogP contribution is 2.28. The zero-order valence-corrected chi connectivity index (χ0v) is 12.2. The third-order valence-corrected chi connectivity index (χ3v) is 4.06. The smallest absolute Gasteiger partial charge is 0.308 e. The number of amides is 1. The summed E-state index contributed by atoms with van der Waals surface area (Å²) in [6.45, 7) is 1.49. The average molecular weight is 305 g/mol. The van der Waals surface area contributed by atoms with E-state index in [9.17, 15) is 9.59 Å². The molecule has 2 aliphatic rings. The average Bonchev–Trinajstić information content (AvgIpc) is 3.15. The van der Waals surface area contributed by atoms with Gasteiger partial charge in [-0.1, -0.05) is 6.07 Å². The van der Waals surface area contributed by atoms with Gasteiger partial charge in [0.2, 0.25) is 5.91 Å². The van der Waals surface area contributed by atoms with Crippen LogP contribution in [0.25, 0.3) is 0 Å². The molecule has 2 unspecified atom stereocenters. The van der Waals surface area contributed by atoms with Crippen molar-refractivity contribution >= 4 is 17.6 Å². The molecule has 1 N–H and O–H groups in total. The summed E-state index contributed by atoms with van der Waals surface area (Å²) in [6.07, 6.45) is 2.25. The minimum atomic E-state index is -0.929. The summed E-state index contributed by atoms with van der Waals surface area (Å²) in [5.74, 6) is -1.06. The Bertz CT molecular complexity index is 567. The SMILES string of the molecule is O=C(O)C1CC(=O)N(c2cccc(OCC3CCCO3)c2)C1. The fourth-order valence-corrected chi connectivity index (χ4v) is 2.83. The second kappa shape index (κ2) is 6.36. The summed E-state index contributed by atoms with van der Waals surface area (Å²) in [4.78, 5) is 24.5. The molecule has 6 nitrogen and oxygen atoms in total. The number of carbonyl (C=O) groups excluding carboxylic acids is 1. The summed E-state index contributed by atoms with van der Waals surface area (Å²) in [5, 5.41) is 9.04. The number of rotatable bonds is 5. The minimum absolute atomic E-state index is 0.0519. The second-order valence-corrected chi connectivity index (χ2v) is 5.69. The minimum Gasteiger partial charge on any atom is -0.491 e. The molecule has 0 bridgehead atoms. The van der Waals surface area contributed by atoms with E-state index in [0.717, 1.165) is 19.4 Å². The fourth-order valence-electron chi connectivity index (χ4n) is 2.83. The molecule has 2 saturated heterocycles. The first-order valence-corrected chi connectivity index (χ1v) is 7.51. The van der Waals surface area contributed by atoms with Gasteiger partial charge in [-0.25, -0.2) is 0 Å². The first-order valence-electron chi connectivity index (χ1n) is 7.51. The van der Waals surface area contributed by atoms with E-state index in [1.807, 2.05) is 12.1 Å². The Morgan fingerprint density at radius 3 is 3.00 bits per heavy atom. The van der Waals surface area contributed by atoms with Crippen molar-refractivity contribution in [2.24, 2.45) is 5.92 Å². The van der Waals surface area contributed by atoms with Crippen LogP contribution in [0.5, 0.6) is 5.75 Å². The maximum absolute atomic E-state index is 12.0. The van der Waals surface area contributed by atoms with Crippen LogP contribution in [-0.4, -0.2) is 42.8 Å². The van der Waals surface area contributed by atoms with Crippen molar-refractivity contribution in [3.63, 3.8) is 0 Å². The lowest BCUT2D eigenvalue weighted by Crippen LogP contribution is -2.25. The third kappa shape index (κ3) is 3.22. The maximum Gasteiger partial charge on any atom is 0.308 e. The van der Waals surface area contributed by atoms with Crippen LogP contribution in [0.2, 0.25) is 0 Å². The topological polar surface area (TPSA) is 76.1 Å². The lowest BCUT2D eigenvalue weighted by molar-refractivity contribution is -0.141. The molecule has 1 aromatic rings. The van der Waals surface area contributed by atoms with Gasteiger partial charge in [-0.2, -0.15) is 0 Å². The molecular weight excluding hydrogens is 286 g/mol. The molecular formula is C16H19NO5. The van der Waals surface area contributed by atoms with Crippen LogP contribution in [0.3, 0.4) is 0 Å². The third-order valence-electron chi connectivity index (χ3n) is 4.06. The summed E-state index contributed by atoms with van der Waals surface area (Å²) in [5.41, 5.74) is 0.679. The Morgan fingerprint density at radius 1 is 1.45 bits per heavy atom. The van der Waals surface area contributed by atoms with Crippen LogP contribution in [0.4, 0.5) is 5.69 Å². The number of nitrogens with zero attached hydrogens (tertiary/aromatic N) is 1. The molecule has 0 radical (unpaired) electrons. The van der Waals surface area contributed by atoms with E-state index in [0.29, 0.717) is 18.0 Å². The number of carbonyl (C=O) groups is 2. The van der Waals surface area contributed by atoms with Crippen LogP contribution in [0.15, 0.2) is 24.3 Å². The summed E-state index contributed by atoms with van der Waals surface area (Å²) < 4.78 is 11.2. The molecule has 0 saturated carbocycles. The molecule has 2 atom stereocenters. The van der Waals surface area contributed by atoms with Crippen molar-refractivity contribution in [1.29, 1.82) is 0 Å². The van der Waals surface area contributed by atoms with Crippen LogP contribution in [0, 0.1) is 5.92 Å². The molecule has 1 amide bonds. The molecule has 2 aliphatic heterocycles. The lowest BCUT2D eigenvalue weighted by Gasteiger charge is -2.18. The van der Waals surface area contributed by atoms with Crippen molar-refractivity contribution in [3.8, 4) is 5.75 Å². The molecule has 22 heavy (non-hydrogen) atoms. The van der Waals surface area contributed by atoms with Crippen LogP contribution < -0.4 is 9.64 Å². The molecule has 0 spiro atoms. The number of anilines is 1. The number of carboxylic acids is 1. The highest BCUT2D eigenvalue weighted by molar-refractivity contribution is 5.99. The zero-order chi connectivity index (χ0) is 15.5. The van der Waals surface area contributed by atoms with Crippen LogP contribution >= 0.6 is 0 Å². The largest absolute Gasteiger partial charge is 0.491 e. The van der Waals surface area contributed by atoms with Crippen molar-refractivity contribution in [3.05, 3.63) is 24.3 Å². The van der Waals surface area contributed by atoms with Gasteiger partial charge in [0.25, 0.3) is 0 Å². The van der Waals surface area contributed by atoms with Crippen LogP contribution in [0.1, 0.15) is 19.3 Å². The van der Waals surface area contributed by atoms with E-state index in [4.69, 9.17) is 14.6 Å². The Kier molecular flexibility index (Phi) is 4.29. The first-order chi connectivity index (χ1) is 10.6. The summed E-state index contributed by atoms with van der Waals surface area (Å²) >= 11 is 0. The molecule has 6 heteroatoms. The number of aliphatic carboxylic acids is 1. The molecule has 118 valence electrons. The van der Waals surface area contributed by atoms with Gasteiger partial charge in [0, 0.05) is 31.3 Å². The van der Waals surface area contributed by atoms with Crippen LogP contribution in [-0.2, 0) is 14.3 Å². The van der Waals surface area contributed by atoms with Crippen molar-refractivity contribution in [2.45, 2.75) is 25.4 Å². The molecule has 1 aromatic carbocycles. The number of carboxylic acid groups (broad SMARTS) is 1. The molecule has 0 aromatic heterocycles. The van der Waals surface area contributed by atoms with E-state index in [2.05, 4.69) is 0 Å². The Morgan fingerprint density at radius 2 is 2.32 bits per heavy atom. The quantitative estimate of drug-likeness (QED) is 0.895. The van der Waals surface area contributed by atoms with Gasteiger partial charge < -0.3 is 19.5 Å². The van der Waals surface area contributed by atoms with Gasteiger partial charge in [0.1, 0.15) is 12.4 Å². The van der Waals surface area contributed by atoms with Crippen molar-refractivity contribution in [2.75, 3.05) is 24.7 Å². The fraction of sp³-hybridized carbons (Fsp3) is 0.500. The second-order valence-electron chi connectivity index (χ2n) is 5.69. The Hall–Kier alpha value is -2.08. The van der Waals surface area contributed by atoms with Crippen molar-refractivity contribution < 1.29 is 24.2 Å². The lowest BCUT2D eigenvalue weighted by atomic mass is 10.1. The van der Waals surface area contributed by atoms with Crippen molar-refractivity contribution in [1.82, 2.24) is 0 Å². The Labute approximate surface area is 128 Å². The predicted octanol–water partition coefficient (Wildman–Crippen LogP) is 1.68. The highest BCUT2D eigenvalue weighted by Gasteiger charge is 2.35. The molecule has 2 heterocycles. The normalized spacial score (nSPS) is 24.7. The maximum atomic E-state index is 12.0. The molecule has 2 fully saturated rings. The Balaban J connectivity index is 1.65. The van der Waals surface area contributed by atoms with Gasteiger partial charge in [-0.05, 0) is 25.0 Å².